The van der Waals surface area contributed by atoms with Crippen molar-refractivity contribution < 1.29 is 14.3 Å². The second kappa shape index (κ2) is 8.85. The van der Waals surface area contributed by atoms with Gasteiger partial charge in [0.15, 0.2) is 0 Å². The van der Waals surface area contributed by atoms with Crippen LogP contribution in [0, 0.1) is 0 Å². The number of rotatable bonds is 6. The van der Waals surface area contributed by atoms with Crippen molar-refractivity contribution in [3.63, 3.8) is 0 Å². The van der Waals surface area contributed by atoms with Crippen LogP contribution in [0.5, 0.6) is 0 Å². The quantitative estimate of drug-likeness (QED) is 0.573. The summed E-state index contributed by atoms with van der Waals surface area (Å²) in [5.41, 5.74) is 0.702. The highest BCUT2D eigenvalue weighted by Crippen LogP contribution is 2.22. The van der Waals surface area contributed by atoms with Gasteiger partial charge in [-0.05, 0) is 48.9 Å². The lowest BCUT2D eigenvalue weighted by molar-refractivity contribution is -0.138. The summed E-state index contributed by atoms with van der Waals surface area (Å²) in [7, 11) is 1.88. The summed E-state index contributed by atoms with van der Waals surface area (Å²) in [4.78, 5) is 27.6. The zero-order chi connectivity index (χ0) is 18.4. The first kappa shape index (κ1) is 18.5. The van der Waals surface area contributed by atoms with Crippen LogP contribution in [0.15, 0.2) is 41.9 Å². The van der Waals surface area contributed by atoms with Gasteiger partial charge in [-0.25, -0.2) is 4.79 Å². The Kier molecular flexibility index (Phi) is 6.28. The van der Waals surface area contributed by atoms with Crippen LogP contribution in [0.3, 0.4) is 0 Å². The van der Waals surface area contributed by atoms with E-state index in [0.29, 0.717) is 18.7 Å². The summed E-state index contributed by atoms with van der Waals surface area (Å²) in [5.74, 6) is -0.277. The van der Waals surface area contributed by atoms with Crippen LogP contribution in [-0.2, 0) is 16.6 Å². The molecule has 0 spiro atoms. The zero-order valence-electron chi connectivity index (χ0n) is 15.0. The predicted octanol–water partition coefficient (Wildman–Crippen LogP) is 3.73. The fourth-order valence-corrected chi connectivity index (χ4v) is 3.90. The monoisotopic (exact) mass is 372 g/mol. The number of esters is 1. The van der Waals surface area contributed by atoms with Gasteiger partial charge in [0.1, 0.15) is 5.69 Å². The van der Waals surface area contributed by atoms with E-state index in [1.165, 1.54) is 6.08 Å². The van der Waals surface area contributed by atoms with Crippen LogP contribution < -0.4 is 0 Å². The zero-order valence-corrected chi connectivity index (χ0v) is 15.8. The van der Waals surface area contributed by atoms with Crippen molar-refractivity contribution >= 4 is 29.3 Å². The topological polar surface area (TPSA) is 51.5 Å². The first-order chi connectivity index (χ1) is 12.6. The lowest BCUT2D eigenvalue weighted by Gasteiger charge is -2.35. The summed E-state index contributed by atoms with van der Waals surface area (Å²) in [6.45, 7) is 1.09. The molecule has 0 saturated carbocycles. The van der Waals surface area contributed by atoms with E-state index in [-0.39, 0.29) is 17.9 Å². The van der Waals surface area contributed by atoms with E-state index in [2.05, 4.69) is 0 Å². The molecule has 2 aromatic heterocycles. The Morgan fingerprint density at radius 1 is 1.31 bits per heavy atom. The number of likely N-dealkylation sites (tertiary alicyclic amines) is 1. The second-order valence-electron chi connectivity index (χ2n) is 6.46. The Morgan fingerprint density at radius 3 is 2.92 bits per heavy atom. The van der Waals surface area contributed by atoms with Gasteiger partial charge < -0.3 is 14.2 Å². The number of carbonyl (C=O) groups is 2. The first-order valence-electron chi connectivity index (χ1n) is 8.96. The molecule has 1 fully saturated rings. The standard InChI is InChI=1S/C20H24N2O3S/c1-21-12-4-8-18(21)20(24)22-13-3-2-6-16(22)11-14-25-19(23)10-9-17-7-5-15-26-17/h4-5,7-10,12,15-16H,2-3,6,11,13-14H2,1H3/b10-9-/t16-/m0/s1. The number of amides is 1. The molecule has 1 aliphatic rings. The molecule has 3 heterocycles. The van der Waals surface area contributed by atoms with Gasteiger partial charge in [-0.15, -0.1) is 11.3 Å². The predicted molar refractivity (Wildman–Crippen MR) is 103 cm³/mol. The molecular formula is C20H24N2O3S. The van der Waals surface area contributed by atoms with Gasteiger partial charge in [-0.2, -0.15) is 0 Å². The molecule has 6 heteroatoms. The molecule has 0 unspecified atom stereocenters. The number of hydrogen-bond acceptors (Lipinski definition) is 4. The minimum atomic E-state index is -0.338. The summed E-state index contributed by atoms with van der Waals surface area (Å²) >= 11 is 1.57. The molecule has 1 atom stereocenters. The molecule has 0 bridgehead atoms. The Hall–Kier alpha value is -2.34. The Morgan fingerprint density at radius 2 is 2.19 bits per heavy atom. The molecular weight excluding hydrogens is 348 g/mol. The van der Waals surface area contributed by atoms with Gasteiger partial charge in [0, 0.05) is 43.2 Å². The van der Waals surface area contributed by atoms with Crippen LogP contribution in [0.25, 0.3) is 6.08 Å². The molecule has 1 aliphatic heterocycles. The van der Waals surface area contributed by atoms with E-state index in [9.17, 15) is 9.59 Å². The van der Waals surface area contributed by atoms with Gasteiger partial charge in [-0.1, -0.05) is 6.07 Å². The Bertz CT molecular complexity index is 764. The van der Waals surface area contributed by atoms with Crippen molar-refractivity contribution in [1.29, 1.82) is 0 Å². The van der Waals surface area contributed by atoms with E-state index in [1.54, 1.807) is 17.4 Å². The summed E-state index contributed by atoms with van der Waals surface area (Å²) in [6, 6.07) is 7.75. The van der Waals surface area contributed by atoms with E-state index in [0.717, 1.165) is 30.7 Å². The van der Waals surface area contributed by atoms with Crippen LogP contribution in [0.4, 0.5) is 0 Å². The van der Waals surface area contributed by atoms with Crippen molar-refractivity contribution in [2.24, 2.45) is 7.05 Å². The third-order valence-electron chi connectivity index (χ3n) is 4.67. The maximum Gasteiger partial charge on any atom is 0.330 e. The maximum absolute atomic E-state index is 12.8. The maximum atomic E-state index is 12.8. The number of carbonyl (C=O) groups excluding carboxylic acids is 2. The van der Waals surface area contributed by atoms with Crippen LogP contribution in [-0.4, -0.2) is 40.5 Å². The highest BCUT2D eigenvalue weighted by atomic mass is 32.1. The average molecular weight is 372 g/mol. The van der Waals surface area contributed by atoms with Gasteiger partial charge >= 0.3 is 5.97 Å². The third-order valence-corrected chi connectivity index (χ3v) is 5.51. The number of aromatic nitrogens is 1. The number of hydrogen-bond donors (Lipinski definition) is 0. The molecule has 1 amide bonds. The van der Waals surface area contributed by atoms with Crippen molar-refractivity contribution in [2.75, 3.05) is 13.2 Å². The molecule has 2 aromatic rings. The summed E-state index contributed by atoms with van der Waals surface area (Å²) < 4.78 is 7.17. The summed E-state index contributed by atoms with van der Waals surface area (Å²) in [5, 5.41) is 1.96. The minimum absolute atomic E-state index is 0.0612. The highest BCUT2D eigenvalue weighted by molar-refractivity contribution is 7.10. The lowest BCUT2D eigenvalue weighted by atomic mass is 9.99. The van der Waals surface area contributed by atoms with Crippen LogP contribution in [0.1, 0.15) is 41.0 Å². The van der Waals surface area contributed by atoms with Crippen molar-refractivity contribution in [3.05, 3.63) is 52.5 Å². The smallest absolute Gasteiger partial charge is 0.330 e. The van der Waals surface area contributed by atoms with Gasteiger partial charge in [0.2, 0.25) is 0 Å². The highest BCUT2D eigenvalue weighted by Gasteiger charge is 2.28. The molecule has 0 aliphatic carbocycles. The van der Waals surface area contributed by atoms with Crippen molar-refractivity contribution in [2.45, 2.75) is 31.7 Å². The number of thiophene rings is 1. The van der Waals surface area contributed by atoms with E-state index in [1.807, 2.05) is 52.4 Å². The lowest BCUT2D eigenvalue weighted by Crippen LogP contribution is -2.44. The number of ether oxygens (including phenoxy) is 1. The molecule has 5 nitrogen and oxygen atoms in total. The fraction of sp³-hybridized carbons (Fsp3) is 0.400. The normalized spacial score (nSPS) is 17.6. The van der Waals surface area contributed by atoms with Gasteiger partial charge in [0.05, 0.1) is 6.61 Å². The fourth-order valence-electron chi connectivity index (χ4n) is 3.28. The van der Waals surface area contributed by atoms with Crippen LogP contribution >= 0.6 is 11.3 Å². The van der Waals surface area contributed by atoms with E-state index < -0.39 is 0 Å². The van der Waals surface area contributed by atoms with E-state index >= 15 is 0 Å². The molecule has 0 N–H and O–H groups in total. The van der Waals surface area contributed by atoms with Crippen LogP contribution in [0.2, 0.25) is 0 Å². The molecule has 138 valence electrons. The van der Waals surface area contributed by atoms with Crippen molar-refractivity contribution in [1.82, 2.24) is 9.47 Å². The first-order valence-corrected chi connectivity index (χ1v) is 9.84. The minimum Gasteiger partial charge on any atom is -0.462 e. The number of piperidine rings is 1. The SMILES string of the molecule is Cn1cccc1C(=O)N1CCCC[C@H]1CCOC(=O)/C=C\c1cccs1. The number of aryl methyl sites for hydroxylation is 1. The molecule has 0 aromatic carbocycles. The largest absolute Gasteiger partial charge is 0.462 e. The molecule has 26 heavy (non-hydrogen) atoms. The van der Waals surface area contributed by atoms with Gasteiger partial charge in [-0.3, -0.25) is 4.79 Å². The third kappa shape index (κ3) is 4.64. The average Bonchev–Trinajstić information content (AvgIpc) is 3.31. The molecule has 0 radical (unpaired) electrons. The summed E-state index contributed by atoms with van der Waals surface area (Å²) in [6.07, 6.45) is 8.86. The Labute approximate surface area is 157 Å². The number of nitrogens with zero attached hydrogens (tertiary/aromatic N) is 2. The van der Waals surface area contributed by atoms with Crippen molar-refractivity contribution in [3.8, 4) is 0 Å². The molecule has 1 saturated heterocycles. The second-order valence-corrected chi connectivity index (χ2v) is 7.44. The Balaban J connectivity index is 1.51. The van der Waals surface area contributed by atoms with Gasteiger partial charge in [0.25, 0.3) is 5.91 Å². The van der Waals surface area contributed by atoms with E-state index in [4.69, 9.17) is 4.74 Å². The molecule has 3 rings (SSSR count).